The van der Waals surface area contributed by atoms with Crippen molar-refractivity contribution >= 4 is 0 Å². The third-order valence-electron chi connectivity index (χ3n) is 3.90. The minimum atomic E-state index is -4.46. The molecule has 0 amide bonds. The molecule has 0 radical (unpaired) electrons. The Morgan fingerprint density at radius 2 is 1.75 bits per heavy atom. The van der Waals surface area contributed by atoms with Gasteiger partial charge < -0.3 is 19.7 Å². The summed E-state index contributed by atoms with van der Waals surface area (Å²) in [5.41, 5.74) is 1.13. The molecule has 0 saturated carbocycles. The van der Waals surface area contributed by atoms with E-state index < -0.39 is 11.9 Å². The van der Waals surface area contributed by atoms with E-state index in [0.29, 0.717) is 11.6 Å². The number of pyridine rings is 1. The second-order valence-corrected chi connectivity index (χ2v) is 5.93. The van der Waals surface area contributed by atoms with Crippen LogP contribution in [0.2, 0.25) is 0 Å². The Labute approximate surface area is 196 Å². The van der Waals surface area contributed by atoms with Crippen LogP contribution in [0.3, 0.4) is 0 Å². The van der Waals surface area contributed by atoms with Crippen molar-refractivity contribution in [3.8, 4) is 34.3 Å². The average Bonchev–Trinajstić information content (AvgIpc) is 3.31. The number of halogens is 3. The van der Waals surface area contributed by atoms with E-state index in [9.17, 15) is 13.2 Å². The van der Waals surface area contributed by atoms with E-state index in [1.165, 1.54) is 6.20 Å². The molecule has 0 fully saturated rings. The summed E-state index contributed by atoms with van der Waals surface area (Å²) in [7, 11) is 3.18. The maximum atomic E-state index is 12.2. The van der Waals surface area contributed by atoms with E-state index in [4.69, 9.17) is 9.47 Å². The van der Waals surface area contributed by atoms with E-state index in [1.54, 1.807) is 44.6 Å². The van der Waals surface area contributed by atoms with E-state index in [1.807, 2.05) is 18.2 Å². The van der Waals surface area contributed by atoms with Gasteiger partial charge in [0.25, 0.3) is 0 Å². The van der Waals surface area contributed by atoms with Crippen LogP contribution in [0.15, 0.2) is 60.8 Å². The summed E-state index contributed by atoms with van der Waals surface area (Å²) in [6.45, 7) is 0. The van der Waals surface area contributed by atoms with Crippen LogP contribution in [0.1, 0.15) is 5.69 Å². The number of hydrogen-bond acceptors (Lipinski definition) is 6. The van der Waals surface area contributed by atoms with Gasteiger partial charge in [0.1, 0.15) is 5.69 Å². The van der Waals surface area contributed by atoms with Crippen molar-refractivity contribution in [2.75, 3.05) is 14.2 Å². The van der Waals surface area contributed by atoms with Crippen LogP contribution < -0.4 is 14.6 Å². The van der Waals surface area contributed by atoms with Gasteiger partial charge in [0.2, 0.25) is 5.88 Å². The fourth-order valence-electron chi connectivity index (χ4n) is 2.34. The van der Waals surface area contributed by atoms with Crippen LogP contribution in [0.5, 0.6) is 11.6 Å². The molecule has 4 rings (SSSR count). The molecular weight excluding hydrogens is 606 g/mol. The van der Waals surface area contributed by atoms with Crippen LogP contribution in [0.4, 0.5) is 13.2 Å². The van der Waals surface area contributed by atoms with Crippen LogP contribution in [0, 0.1) is 6.07 Å². The van der Waals surface area contributed by atoms with Gasteiger partial charge in [-0.15, -0.1) is 34.9 Å². The first kappa shape index (κ1) is 25.0. The van der Waals surface area contributed by atoms with Gasteiger partial charge in [-0.2, -0.15) is 18.3 Å². The first-order valence-electron chi connectivity index (χ1n) is 8.83. The predicted molar refractivity (Wildman–Crippen MR) is 105 cm³/mol. The number of hydrogen-bond donors (Lipinski definition) is 0. The summed E-state index contributed by atoms with van der Waals surface area (Å²) in [6, 6.07) is 18.0. The van der Waals surface area contributed by atoms with Gasteiger partial charge in [-0.05, 0) is 24.3 Å². The number of nitrogens with zero attached hydrogens (tertiary/aromatic N) is 5. The summed E-state index contributed by atoms with van der Waals surface area (Å²) >= 11 is 0. The first-order chi connectivity index (χ1) is 14.9. The van der Waals surface area contributed by atoms with Crippen LogP contribution >= 0.6 is 0 Å². The molecule has 0 unspecified atom stereocenters. The zero-order valence-electron chi connectivity index (χ0n) is 16.8. The maximum Gasteiger partial charge on any atom is 2.00 e. The van der Waals surface area contributed by atoms with E-state index >= 15 is 0 Å². The Morgan fingerprint density at radius 1 is 0.938 bits per heavy atom. The minimum Gasteiger partial charge on any atom is -0.573 e. The molecule has 168 valence electrons. The van der Waals surface area contributed by atoms with Crippen molar-refractivity contribution in [3.63, 3.8) is 0 Å². The molecule has 0 spiro atoms. The fraction of sp³-hybridized carbons (Fsp3) is 0.143. The SMILES string of the molecule is COc1c[c-]c(-c2ccc(OC)nn2)cc1.FC(F)(F)c1cc(-c2ccccn2)[n-]n1.[Pt+2]. The quantitative estimate of drug-likeness (QED) is 0.318. The third-order valence-corrected chi connectivity index (χ3v) is 3.90. The maximum absolute atomic E-state index is 12.2. The van der Waals surface area contributed by atoms with Crippen molar-refractivity contribution in [1.82, 2.24) is 25.4 Å². The Balaban J connectivity index is 0.000000220. The molecule has 0 saturated heterocycles. The molecule has 0 bridgehead atoms. The number of methoxy groups -OCH3 is 2. The molecular formula is C21H16F3N5O2Pt. The number of ether oxygens (including phenoxy) is 2. The summed E-state index contributed by atoms with van der Waals surface area (Å²) in [5, 5.41) is 14.4. The molecule has 0 aliphatic rings. The van der Waals surface area contributed by atoms with Crippen LogP contribution in [-0.2, 0) is 27.2 Å². The molecule has 32 heavy (non-hydrogen) atoms. The number of aromatic nitrogens is 5. The van der Waals surface area contributed by atoms with Crippen molar-refractivity contribution in [2.45, 2.75) is 6.18 Å². The van der Waals surface area contributed by atoms with Crippen LogP contribution in [-0.4, -0.2) is 34.5 Å². The normalized spacial score (nSPS) is 10.4. The fourth-order valence-corrected chi connectivity index (χ4v) is 2.34. The van der Waals surface area contributed by atoms with Crippen LogP contribution in [0.25, 0.3) is 22.6 Å². The van der Waals surface area contributed by atoms with Crippen molar-refractivity contribution in [3.05, 3.63) is 72.6 Å². The van der Waals surface area contributed by atoms with Gasteiger partial charge in [-0.1, -0.05) is 17.8 Å². The summed E-state index contributed by atoms with van der Waals surface area (Å²) in [5.74, 6) is 1.27. The van der Waals surface area contributed by atoms with Crippen molar-refractivity contribution < 1.29 is 43.7 Å². The van der Waals surface area contributed by atoms with E-state index in [-0.39, 0.29) is 26.8 Å². The Bertz CT molecular complexity index is 1040. The average molecular weight is 622 g/mol. The van der Waals surface area contributed by atoms with Gasteiger partial charge >= 0.3 is 27.2 Å². The standard InChI is InChI=1S/C12H11N2O2.C9H5F3N3.Pt/c1-15-10-5-3-9(4-6-10)11-7-8-12(16-2)14-13-11;10-9(11,12)8-5-7(14-15-8)6-3-1-2-4-13-6;/h3,5-8H,1-2H3;1-5H;/q2*-1;+2. The van der Waals surface area contributed by atoms with Gasteiger partial charge in [0.15, 0.2) is 0 Å². The van der Waals surface area contributed by atoms with E-state index in [0.717, 1.165) is 23.1 Å². The van der Waals surface area contributed by atoms with Gasteiger partial charge in [-0.25, -0.2) is 0 Å². The Hall–Kier alpha value is -3.26. The molecule has 3 heterocycles. The molecule has 11 heteroatoms. The van der Waals surface area contributed by atoms with E-state index in [2.05, 4.69) is 31.4 Å². The molecule has 0 aliphatic heterocycles. The second-order valence-electron chi connectivity index (χ2n) is 5.93. The van der Waals surface area contributed by atoms with Gasteiger partial charge in [0, 0.05) is 23.3 Å². The number of alkyl halides is 3. The monoisotopic (exact) mass is 622 g/mol. The van der Waals surface area contributed by atoms with Gasteiger partial charge in [-0.3, -0.25) is 4.98 Å². The number of benzene rings is 1. The second kappa shape index (κ2) is 11.4. The molecule has 0 aliphatic carbocycles. The molecule has 0 atom stereocenters. The zero-order chi connectivity index (χ0) is 22.3. The number of rotatable bonds is 4. The topological polar surface area (TPSA) is 84.1 Å². The first-order valence-corrected chi connectivity index (χ1v) is 8.83. The van der Waals surface area contributed by atoms with Gasteiger partial charge in [0.05, 0.1) is 14.2 Å². The molecule has 7 nitrogen and oxygen atoms in total. The largest absolute Gasteiger partial charge is 2.00 e. The molecule has 0 N–H and O–H groups in total. The minimum absolute atomic E-state index is 0. The summed E-state index contributed by atoms with van der Waals surface area (Å²) < 4.78 is 46.6. The Morgan fingerprint density at radius 3 is 2.25 bits per heavy atom. The predicted octanol–water partition coefficient (Wildman–Crippen LogP) is 4.08. The Kier molecular flexibility index (Phi) is 8.89. The molecule has 3 aromatic heterocycles. The molecule has 4 aromatic rings. The summed E-state index contributed by atoms with van der Waals surface area (Å²) in [4.78, 5) is 3.87. The molecule has 1 aromatic carbocycles. The van der Waals surface area contributed by atoms with Crippen molar-refractivity contribution in [1.29, 1.82) is 0 Å². The smallest absolute Gasteiger partial charge is 0.573 e. The third kappa shape index (κ3) is 6.62. The zero-order valence-corrected chi connectivity index (χ0v) is 19.0. The van der Waals surface area contributed by atoms with Crippen molar-refractivity contribution in [2.24, 2.45) is 0 Å². The summed E-state index contributed by atoms with van der Waals surface area (Å²) in [6.07, 6.45) is -2.97.